The topological polar surface area (TPSA) is 109 Å². The predicted molar refractivity (Wildman–Crippen MR) is 176 cm³/mol. The van der Waals surface area contributed by atoms with E-state index >= 15 is 0 Å². The fraction of sp³-hybridized carbons (Fsp3) is 1.00. The molecule has 0 rings (SSSR count). The summed E-state index contributed by atoms with van der Waals surface area (Å²) in [7, 11) is -8.73. The summed E-state index contributed by atoms with van der Waals surface area (Å²) in [5, 5.41) is 0. The van der Waals surface area contributed by atoms with Crippen LogP contribution in [0.15, 0.2) is 0 Å². The van der Waals surface area contributed by atoms with Crippen molar-refractivity contribution in [3.63, 3.8) is 0 Å². The Hall–Kier alpha value is -0.180. The van der Waals surface area contributed by atoms with Gasteiger partial charge in [-0.3, -0.25) is 9.11 Å². The van der Waals surface area contributed by atoms with E-state index in [9.17, 15) is 25.9 Å². The summed E-state index contributed by atoms with van der Waals surface area (Å²) in [6, 6.07) is 0. The van der Waals surface area contributed by atoms with Gasteiger partial charge >= 0.3 is 0 Å². The molecule has 6 nitrogen and oxygen atoms in total. The monoisotopic (exact) mass is 624 g/mol. The van der Waals surface area contributed by atoms with E-state index in [0.29, 0.717) is 12.8 Å². The highest BCUT2D eigenvalue weighted by Gasteiger charge is 2.38. The van der Waals surface area contributed by atoms with Crippen molar-refractivity contribution >= 4 is 20.2 Å². The molecule has 0 radical (unpaired) electrons. The molecule has 0 spiro atoms. The first-order valence-corrected chi connectivity index (χ1v) is 20.6. The minimum absolute atomic E-state index is 0.567. The van der Waals surface area contributed by atoms with E-state index < -0.39 is 43.1 Å². The minimum atomic E-state index is -4.37. The van der Waals surface area contributed by atoms with E-state index in [-0.39, 0.29) is 0 Å². The third kappa shape index (κ3) is 27.1. The van der Waals surface area contributed by atoms with Crippen LogP contribution in [0.2, 0.25) is 0 Å². The van der Waals surface area contributed by atoms with Crippen molar-refractivity contribution < 1.29 is 25.9 Å². The molecular formula is C33H68O6S2. The Morgan fingerprint density at radius 2 is 0.659 bits per heavy atom. The predicted octanol–water partition coefficient (Wildman–Crippen LogP) is 10.6. The maximum atomic E-state index is 11.8. The Bertz CT molecular complexity index is 733. The van der Waals surface area contributed by atoms with Crippen LogP contribution >= 0.6 is 0 Å². The van der Waals surface area contributed by atoms with Crippen LogP contribution in [0.25, 0.3) is 0 Å². The highest BCUT2D eigenvalue weighted by atomic mass is 32.2. The van der Waals surface area contributed by atoms with E-state index in [1.165, 1.54) is 116 Å². The summed E-state index contributed by atoms with van der Waals surface area (Å²) < 4.78 is 66.4. The third-order valence-corrected chi connectivity index (χ3v) is 10.7. The Labute approximate surface area is 256 Å². The van der Waals surface area contributed by atoms with Crippen LogP contribution in [0, 0.1) is 11.3 Å². The molecule has 0 aliphatic rings. The highest BCUT2D eigenvalue weighted by molar-refractivity contribution is 7.86. The summed E-state index contributed by atoms with van der Waals surface area (Å²) in [6.45, 7) is 6.45. The van der Waals surface area contributed by atoms with E-state index in [1.54, 1.807) is 0 Å². The summed E-state index contributed by atoms with van der Waals surface area (Å²) in [5.74, 6) is -2.08. The molecule has 0 aliphatic heterocycles. The van der Waals surface area contributed by atoms with Gasteiger partial charge in [-0.2, -0.15) is 16.8 Å². The highest BCUT2D eigenvalue weighted by Crippen LogP contribution is 2.40. The first-order valence-electron chi connectivity index (χ1n) is 17.3. The van der Waals surface area contributed by atoms with Crippen LogP contribution in [-0.4, -0.2) is 37.4 Å². The van der Waals surface area contributed by atoms with Crippen LogP contribution in [0.5, 0.6) is 0 Å². The van der Waals surface area contributed by atoms with Gasteiger partial charge in [0.15, 0.2) is 0 Å². The van der Waals surface area contributed by atoms with Crippen molar-refractivity contribution in [2.75, 3.05) is 11.5 Å². The summed E-state index contributed by atoms with van der Waals surface area (Å²) in [6.07, 6.45) is 31.0. The van der Waals surface area contributed by atoms with Gasteiger partial charge in [0.2, 0.25) is 0 Å². The lowest BCUT2D eigenvalue weighted by Crippen LogP contribution is -2.37. The zero-order chi connectivity index (χ0) is 30.9. The van der Waals surface area contributed by atoms with E-state index in [2.05, 4.69) is 13.8 Å². The lowest BCUT2D eigenvalue weighted by Gasteiger charge is -2.37. The lowest BCUT2D eigenvalue weighted by molar-refractivity contribution is 0.168. The van der Waals surface area contributed by atoms with Gasteiger partial charge < -0.3 is 0 Å². The lowest BCUT2D eigenvalue weighted by atomic mass is 9.71. The fourth-order valence-corrected chi connectivity index (χ4v) is 8.44. The molecule has 248 valence electrons. The molecule has 0 saturated heterocycles. The molecule has 0 heterocycles. The number of unbranched alkanes of at least 4 members (excludes halogenated alkanes) is 22. The quantitative estimate of drug-likeness (QED) is 0.0586. The Morgan fingerprint density at radius 3 is 0.878 bits per heavy atom. The van der Waals surface area contributed by atoms with Crippen molar-refractivity contribution in [1.82, 2.24) is 0 Å². The average Bonchev–Trinajstić information content (AvgIpc) is 2.88. The van der Waals surface area contributed by atoms with Crippen LogP contribution in [0.3, 0.4) is 0 Å². The number of hydrogen-bond acceptors (Lipinski definition) is 4. The van der Waals surface area contributed by atoms with Crippen molar-refractivity contribution in [2.45, 2.75) is 188 Å². The van der Waals surface area contributed by atoms with Gasteiger partial charge in [0.25, 0.3) is 20.2 Å². The van der Waals surface area contributed by atoms with Crippen LogP contribution < -0.4 is 0 Å². The molecule has 0 unspecified atom stereocenters. The summed E-state index contributed by atoms with van der Waals surface area (Å²) in [4.78, 5) is 0. The van der Waals surface area contributed by atoms with Gasteiger partial charge in [0.05, 0.1) is 11.5 Å². The minimum Gasteiger partial charge on any atom is -0.286 e. The second kappa shape index (κ2) is 25.2. The van der Waals surface area contributed by atoms with Gasteiger partial charge in [-0.15, -0.1) is 0 Å². The Balaban J connectivity index is 4.62. The zero-order valence-corrected chi connectivity index (χ0v) is 28.9. The van der Waals surface area contributed by atoms with Crippen molar-refractivity contribution in [3.05, 3.63) is 0 Å². The molecule has 0 fully saturated rings. The molecule has 0 amide bonds. The molecule has 41 heavy (non-hydrogen) atoms. The Kier molecular flexibility index (Phi) is 25.1. The molecule has 0 saturated carbocycles. The van der Waals surface area contributed by atoms with Crippen molar-refractivity contribution in [1.29, 1.82) is 0 Å². The number of hydrogen-bond donors (Lipinski definition) is 2. The maximum Gasteiger partial charge on any atom is 0.265 e. The molecule has 0 aromatic carbocycles. The van der Waals surface area contributed by atoms with Gasteiger partial charge in [-0.1, -0.05) is 175 Å². The third-order valence-electron chi connectivity index (χ3n) is 9.01. The second-order valence-corrected chi connectivity index (χ2v) is 16.1. The van der Waals surface area contributed by atoms with E-state index in [4.69, 9.17) is 0 Å². The SMILES string of the molecule is CCCCCCCCCCCCCCC(C)(CCCCCCCCCCCCCC)C(CS(=O)(=O)O)CS(=O)(=O)O. The molecule has 8 heteroatoms. The van der Waals surface area contributed by atoms with E-state index in [1.807, 2.05) is 6.92 Å². The molecule has 0 aromatic heterocycles. The first kappa shape index (κ1) is 40.8. The molecule has 0 aliphatic carbocycles. The second-order valence-electron chi connectivity index (χ2n) is 13.1. The average molecular weight is 625 g/mol. The molecule has 0 bridgehead atoms. The van der Waals surface area contributed by atoms with Crippen LogP contribution in [-0.2, 0) is 20.2 Å². The molecular weight excluding hydrogens is 556 g/mol. The molecule has 2 N–H and O–H groups in total. The first-order chi connectivity index (χ1) is 19.4. The van der Waals surface area contributed by atoms with Gasteiger partial charge in [0, 0.05) is 0 Å². The zero-order valence-electron chi connectivity index (χ0n) is 27.2. The summed E-state index contributed by atoms with van der Waals surface area (Å²) in [5.41, 5.74) is -0.567. The van der Waals surface area contributed by atoms with Gasteiger partial charge in [-0.25, -0.2) is 0 Å². The van der Waals surface area contributed by atoms with Crippen LogP contribution in [0.4, 0.5) is 0 Å². The molecule has 0 aromatic rings. The Morgan fingerprint density at radius 1 is 0.439 bits per heavy atom. The largest absolute Gasteiger partial charge is 0.286 e. The molecule has 0 atom stereocenters. The van der Waals surface area contributed by atoms with E-state index in [0.717, 1.165) is 38.5 Å². The standard InChI is InChI=1S/C33H68O6S2/c1-4-6-8-10-12-14-16-18-20-22-24-26-28-33(3,32(30-40(34,35)36)31-41(37,38)39)29-27-25-23-21-19-17-15-13-11-9-7-5-2/h32H,4-31H2,1-3H3,(H,34,35,36)(H,37,38,39). The maximum absolute atomic E-state index is 11.8. The van der Waals surface area contributed by atoms with Gasteiger partial charge in [0.1, 0.15) is 0 Å². The number of rotatable bonds is 31. The van der Waals surface area contributed by atoms with Gasteiger partial charge in [-0.05, 0) is 24.2 Å². The van der Waals surface area contributed by atoms with Crippen molar-refractivity contribution in [2.24, 2.45) is 11.3 Å². The summed E-state index contributed by atoms with van der Waals surface area (Å²) >= 11 is 0. The fourth-order valence-electron chi connectivity index (χ4n) is 6.23. The van der Waals surface area contributed by atoms with Crippen molar-refractivity contribution in [3.8, 4) is 0 Å². The smallest absolute Gasteiger partial charge is 0.265 e. The van der Waals surface area contributed by atoms with Crippen LogP contribution in [0.1, 0.15) is 188 Å². The normalized spacial score (nSPS) is 12.9.